The van der Waals surface area contributed by atoms with Crippen molar-refractivity contribution >= 4 is 19.9 Å². The molecule has 0 atom stereocenters. The highest BCUT2D eigenvalue weighted by atomic mass is 32.2. The molecule has 8 heteroatoms. The Balaban J connectivity index is 2.77. The van der Waals surface area contributed by atoms with Gasteiger partial charge in [-0.15, -0.1) is 0 Å². The fourth-order valence-corrected chi connectivity index (χ4v) is 3.10. The van der Waals surface area contributed by atoms with Crippen molar-refractivity contribution in [1.29, 1.82) is 5.26 Å². The smallest absolute Gasteiger partial charge is 0.215 e. The zero-order valence-corrected chi connectivity index (χ0v) is 13.8. The summed E-state index contributed by atoms with van der Waals surface area (Å²) in [6.45, 7) is 2.74. The monoisotopic (exact) mass is 330 g/mol. The lowest BCUT2D eigenvalue weighted by molar-refractivity contribution is 0.537. The van der Waals surface area contributed by atoms with Crippen LogP contribution in [0.4, 0.5) is 0 Å². The van der Waals surface area contributed by atoms with Crippen LogP contribution in [-0.2, 0) is 25.6 Å². The Morgan fingerprint density at radius 2 is 1.67 bits per heavy atom. The first-order valence-electron chi connectivity index (χ1n) is 6.13. The van der Waals surface area contributed by atoms with Crippen molar-refractivity contribution in [2.45, 2.75) is 24.3 Å². The van der Waals surface area contributed by atoms with Crippen molar-refractivity contribution in [1.82, 2.24) is 4.72 Å². The maximum Gasteiger partial charge on any atom is 0.215 e. The van der Waals surface area contributed by atoms with E-state index < -0.39 is 24.6 Å². The standard InChI is InChI=1S/C13H18N2O4S2/c1-13(2,20(3,16)17)10-15-21(18,19)9-12-6-4-11(8-14)5-7-12/h4-7,15H,9-10H2,1-3H3. The fourth-order valence-electron chi connectivity index (χ4n) is 1.36. The number of sulfone groups is 1. The highest BCUT2D eigenvalue weighted by molar-refractivity contribution is 7.92. The number of benzene rings is 1. The summed E-state index contributed by atoms with van der Waals surface area (Å²) in [4.78, 5) is 0. The van der Waals surface area contributed by atoms with Crippen LogP contribution >= 0.6 is 0 Å². The van der Waals surface area contributed by atoms with E-state index in [2.05, 4.69) is 4.72 Å². The van der Waals surface area contributed by atoms with Crippen LogP contribution in [0.5, 0.6) is 0 Å². The number of sulfonamides is 1. The van der Waals surface area contributed by atoms with Gasteiger partial charge in [0.2, 0.25) is 10.0 Å². The van der Waals surface area contributed by atoms with E-state index in [1.54, 1.807) is 12.1 Å². The summed E-state index contributed by atoms with van der Waals surface area (Å²) in [5, 5.41) is 8.67. The van der Waals surface area contributed by atoms with Crippen molar-refractivity contribution in [2.75, 3.05) is 12.8 Å². The Morgan fingerprint density at radius 3 is 2.10 bits per heavy atom. The van der Waals surface area contributed by atoms with Crippen LogP contribution in [0.15, 0.2) is 24.3 Å². The van der Waals surface area contributed by atoms with Gasteiger partial charge >= 0.3 is 0 Å². The number of nitrogens with zero attached hydrogens (tertiary/aromatic N) is 1. The molecule has 0 saturated carbocycles. The quantitative estimate of drug-likeness (QED) is 0.831. The van der Waals surface area contributed by atoms with Gasteiger partial charge in [-0.05, 0) is 31.5 Å². The van der Waals surface area contributed by atoms with E-state index in [-0.39, 0.29) is 12.3 Å². The second-order valence-corrected chi connectivity index (χ2v) is 9.88. The maximum atomic E-state index is 12.0. The number of rotatable bonds is 6. The van der Waals surface area contributed by atoms with E-state index in [1.807, 2.05) is 6.07 Å². The van der Waals surface area contributed by atoms with E-state index in [4.69, 9.17) is 5.26 Å². The Kier molecular flexibility index (Phi) is 5.15. The number of hydrogen-bond acceptors (Lipinski definition) is 5. The summed E-state index contributed by atoms with van der Waals surface area (Å²) in [6, 6.07) is 8.12. The van der Waals surface area contributed by atoms with Crippen molar-refractivity contribution in [2.24, 2.45) is 0 Å². The van der Waals surface area contributed by atoms with Crippen molar-refractivity contribution < 1.29 is 16.8 Å². The average molecular weight is 330 g/mol. The van der Waals surface area contributed by atoms with E-state index >= 15 is 0 Å². The highest BCUT2D eigenvalue weighted by Gasteiger charge is 2.31. The van der Waals surface area contributed by atoms with Crippen LogP contribution in [0.2, 0.25) is 0 Å². The number of hydrogen-bond donors (Lipinski definition) is 1. The van der Waals surface area contributed by atoms with Crippen LogP contribution in [0.1, 0.15) is 25.0 Å². The Bertz CT molecular complexity index is 742. The number of nitrogens with one attached hydrogen (secondary N) is 1. The topological polar surface area (TPSA) is 104 Å². The zero-order chi connectivity index (χ0) is 16.3. The van der Waals surface area contributed by atoms with Gasteiger partial charge in [0.1, 0.15) is 0 Å². The van der Waals surface area contributed by atoms with Gasteiger partial charge in [0, 0.05) is 12.8 Å². The summed E-state index contributed by atoms with van der Waals surface area (Å²) in [5.74, 6) is -0.265. The molecule has 0 bridgehead atoms. The Labute approximate surface area is 125 Å². The normalized spacial score (nSPS) is 12.9. The fraction of sp³-hybridized carbons (Fsp3) is 0.462. The molecular formula is C13H18N2O4S2. The maximum absolute atomic E-state index is 12.0. The zero-order valence-electron chi connectivity index (χ0n) is 12.1. The molecule has 0 radical (unpaired) electrons. The lowest BCUT2D eigenvalue weighted by Crippen LogP contribution is -2.44. The summed E-state index contributed by atoms with van der Waals surface area (Å²) in [6.07, 6.45) is 1.07. The number of nitriles is 1. The van der Waals surface area contributed by atoms with Gasteiger partial charge < -0.3 is 0 Å². The molecule has 6 nitrogen and oxygen atoms in total. The van der Waals surface area contributed by atoms with Crippen LogP contribution in [0, 0.1) is 11.3 Å². The molecule has 116 valence electrons. The van der Waals surface area contributed by atoms with Crippen LogP contribution in [-0.4, -0.2) is 34.4 Å². The molecule has 0 saturated heterocycles. The van der Waals surface area contributed by atoms with Gasteiger partial charge in [0.05, 0.1) is 22.1 Å². The van der Waals surface area contributed by atoms with Gasteiger partial charge in [-0.2, -0.15) is 5.26 Å². The van der Waals surface area contributed by atoms with Crippen molar-refractivity contribution in [3.8, 4) is 6.07 Å². The molecular weight excluding hydrogens is 312 g/mol. The molecule has 0 aliphatic heterocycles. The van der Waals surface area contributed by atoms with Crippen LogP contribution < -0.4 is 4.72 Å². The predicted octanol–water partition coefficient (Wildman–Crippen LogP) is 0.801. The lowest BCUT2D eigenvalue weighted by atomic mass is 10.2. The van der Waals surface area contributed by atoms with Crippen LogP contribution in [0.25, 0.3) is 0 Å². The largest absolute Gasteiger partial charge is 0.229 e. The minimum atomic E-state index is -3.65. The summed E-state index contributed by atoms with van der Waals surface area (Å²) in [5.41, 5.74) is 0.973. The van der Waals surface area contributed by atoms with Gasteiger partial charge in [-0.3, -0.25) is 0 Å². The summed E-state index contributed by atoms with van der Waals surface area (Å²) < 4.78 is 48.1. The minimum Gasteiger partial charge on any atom is -0.229 e. The molecule has 0 aliphatic carbocycles. The molecule has 1 aromatic carbocycles. The van der Waals surface area contributed by atoms with E-state index in [1.165, 1.54) is 26.0 Å². The minimum absolute atomic E-state index is 0.190. The average Bonchev–Trinajstić information content (AvgIpc) is 2.36. The highest BCUT2D eigenvalue weighted by Crippen LogP contribution is 2.14. The van der Waals surface area contributed by atoms with Gasteiger partial charge in [-0.1, -0.05) is 12.1 Å². The van der Waals surface area contributed by atoms with Gasteiger partial charge in [0.15, 0.2) is 9.84 Å². The van der Waals surface area contributed by atoms with Crippen molar-refractivity contribution in [3.05, 3.63) is 35.4 Å². The second kappa shape index (κ2) is 6.13. The SMILES string of the molecule is CC(C)(CNS(=O)(=O)Cc1ccc(C#N)cc1)S(C)(=O)=O. The molecule has 0 heterocycles. The lowest BCUT2D eigenvalue weighted by Gasteiger charge is -2.22. The third-order valence-electron chi connectivity index (χ3n) is 3.16. The third kappa shape index (κ3) is 5.12. The van der Waals surface area contributed by atoms with E-state index in [0.717, 1.165) is 6.26 Å². The summed E-state index contributed by atoms with van der Waals surface area (Å²) in [7, 11) is -7.01. The van der Waals surface area contributed by atoms with Gasteiger partial charge in [-0.25, -0.2) is 21.6 Å². The Morgan fingerprint density at radius 1 is 1.14 bits per heavy atom. The molecule has 1 aromatic rings. The molecule has 0 spiro atoms. The summed E-state index contributed by atoms with van der Waals surface area (Å²) >= 11 is 0. The van der Waals surface area contributed by atoms with E-state index in [9.17, 15) is 16.8 Å². The second-order valence-electron chi connectivity index (χ2n) is 5.42. The molecule has 0 aliphatic rings. The third-order valence-corrected chi connectivity index (χ3v) is 6.61. The predicted molar refractivity (Wildman–Crippen MR) is 80.7 cm³/mol. The molecule has 21 heavy (non-hydrogen) atoms. The molecule has 1 N–H and O–H groups in total. The first-order valence-corrected chi connectivity index (χ1v) is 9.67. The van der Waals surface area contributed by atoms with E-state index in [0.29, 0.717) is 11.1 Å². The van der Waals surface area contributed by atoms with Gasteiger partial charge in [0.25, 0.3) is 0 Å². The molecule has 0 unspecified atom stereocenters. The van der Waals surface area contributed by atoms with Crippen LogP contribution in [0.3, 0.4) is 0 Å². The molecule has 0 fully saturated rings. The first-order chi connectivity index (χ1) is 9.47. The first kappa shape index (κ1) is 17.6. The molecule has 0 amide bonds. The van der Waals surface area contributed by atoms with Crippen molar-refractivity contribution in [3.63, 3.8) is 0 Å². The molecule has 1 rings (SSSR count). The molecule has 0 aromatic heterocycles. The Hall–Kier alpha value is -1.43.